The van der Waals surface area contributed by atoms with E-state index in [0.29, 0.717) is 12.5 Å². The maximum absolute atomic E-state index is 10.6. The quantitative estimate of drug-likeness (QED) is 0.685. The molecule has 0 aromatic rings. The van der Waals surface area contributed by atoms with Crippen molar-refractivity contribution in [2.45, 2.75) is 33.6 Å². The van der Waals surface area contributed by atoms with Crippen LogP contribution in [0.2, 0.25) is 0 Å². The highest BCUT2D eigenvalue weighted by atomic mass is 16.4. The van der Waals surface area contributed by atoms with Crippen LogP contribution in [-0.2, 0) is 4.79 Å². The summed E-state index contributed by atoms with van der Waals surface area (Å²) >= 11 is 0. The largest absolute Gasteiger partial charge is 0.481 e. The molecule has 0 amide bonds. The van der Waals surface area contributed by atoms with E-state index in [2.05, 4.69) is 18.7 Å². The zero-order valence-electron chi connectivity index (χ0n) is 9.79. The zero-order valence-corrected chi connectivity index (χ0v) is 9.79. The summed E-state index contributed by atoms with van der Waals surface area (Å²) in [6.07, 6.45) is 2.41. The lowest BCUT2D eigenvalue weighted by Crippen LogP contribution is -2.31. The third-order valence-electron chi connectivity index (χ3n) is 2.41. The second kappa shape index (κ2) is 6.82. The minimum absolute atomic E-state index is 0.270. The van der Waals surface area contributed by atoms with Crippen molar-refractivity contribution in [3.05, 3.63) is 0 Å². The SMILES string of the molecule is CCCC(C)CN(C)CC(C)C(=O)O. The molecule has 1 N–H and O–H groups in total. The minimum Gasteiger partial charge on any atom is -0.481 e. The molecule has 0 aliphatic heterocycles. The second-order valence-electron chi connectivity index (χ2n) is 4.35. The number of nitrogens with zero attached hydrogens (tertiary/aromatic N) is 1. The molecule has 0 aliphatic rings. The highest BCUT2D eigenvalue weighted by Crippen LogP contribution is 2.08. The number of rotatable bonds is 7. The van der Waals surface area contributed by atoms with Crippen molar-refractivity contribution in [2.24, 2.45) is 11.8 Å². The third-order valence-corrected chi connectivity index (χ3v) is 2.41. The van der Waals surface area contributed by atoms with Gasteiger partial charge in [0.2, 0.25) is 0 Å². The van der Waals surface area contributed by atoms with Gasteiger partial charge in [-0.05, 0) is 19.4 Å². The van der Waals surface area contributed by atoms with Gasteiger partial charge in [-0.1, -0.05) is 27.2 Å². The predicted molar refractivity (Wildman–Crippen MR) is 58.4 cm³/mol. The molecule has 3 nitrogen and oxygen atoms in total. The Morgan fingerprint density at radius 3 is 2.36 bits per heavy atom. The molecule has 0 spiro atoms. The van der Waals surface area contributed by atoms with Crippen LogP contribution in [0.1, 0.15) is 33.6 Å². The van der Waals surface area contributed by atoms with Gasteiger partial charge in [-0.15, -0.1) is 0 Å². The van der Waals surface area contributed by atoms with Crippen LogP contribution in [0, 0.1) is 11.8 Å². The molecule has 0 radical (unpaired) electrons. The summed E-state index contributed by atoms with van der Waals surface area (Å²) in [5, 5.41) is 8.74. The van der Waals surface area contributed by atoms with Crippen molar-refractivity contribution in [3.8, 4) is 0 Å². The Morgan fingerprint density at radius 1 is 1.36 bits per heavy atom. The Kier molecular flexibility index (Phi) is 6.54. The molecule has 2 unspecified atom stereocenters. The number of hydrogen-bond acceptors (Lipinski definition) is 2. The van der Waals surface area contributed by atoms with Crippen molar-refractivity contribution in [1.82, 2.24) is 4.90 Å². The van der Waals surface area contributed by atoms with Gasteiger partial charge in [0.1, 0.15) is 0 Å². The predicted octanol–water partition coefficient (Wildman–Crippen LogP) is 2.08. The van der Waals surface area contributed by atoms with Crippen LogP contribution in [0.25, 0.3) is 0 Å². The first-order chi connectivity index (χ1) is 6.47. The summed E-state index contributed by atoms with van der Waals surface area (Å²) in [6, 6.07) is 0. The van der Waals surface area contributed by atoms with E-state index in [4.69, 9.17) is 5.11 Å². The molecule has 0 heterocycles. The van der Waals surface area contributed by atoms with Crippen molar-refractivity contribution >= 4 is 5.97 Å². The molecule has 3 heteroatoms. The van der Waals surface area contributed by atoms with Crippen molar-refractivity contribution in [1.29, 1.82) is 0 Å². The summed E-state index contributed by atoms with van der Waals surface area (Å²) in [5.41, 5.74) is 0. The normalized spacial score (nSPS) is 15.5. The second-order valence-corrected chi connectivity index (χ2v) is 4.35. The first kappa shape index (κ1) is 13.4. The van der Waals surface area contributed by atoms with E-state index in [-0.39, 0.29) is 5.92 Å². The Bertz CT molecular complexity index is 171. The molecule has 0 aromatic heterocycles. The number of carboxylic acids is 1. The summed E-state index contributed by atoms with van der Waals surface area (Å²) in [4.78, 5) is 12.7. The van der Waals surface area contributed by atoms with Gasteiger partial charge in [-0.2, -0.15) is 0 Å². The van der Waals surface area contributed by atoms with E-state index in [1.165, 1.54) is 12.8 Å². The molecule has 0 fully saturated rings. The van der Waals surface area contributed by atoms with Gasteiger partial charge in [0.15, 0.2) is 0 Å². The van der Waals surface area contributed by atoms with E-state index in [1.807, 2.05) is 7.05 Å². The molecule has 84 valence electrons. The highest BCUT2D eigenvalue weighted by molar-refractivity contribution is 5.69. The van der Waals surface area contributed by atoms with Crippen molar-refractivity contribution in [2.75, 3.05) is 20.1 Å². The monoisotopic (exact) mass is 201 g/mol. The van der Waals surface area contributed by atoms with Crippen LogP contribution in [0.4, 0.5) is 0 Å². The fourth-order valence-corrected chi connectivity index (χ4v) is 1.74. The van der Waals surface area contributed by atoms with E-state index < -0.39 is 5.97 Å². The number of carbonyl (C=O) groups is 1. The van der Waals surface area contributed by atoms with Crippen LogP contribution < -0.4 is 0 Å². The third kappa shape index (κ3) is 5.97. The molecule has 0 saturated carbocycles. The summed E-state index contributed by atoms with van der Waals surface area (Å²) in [6.45, 7) is 7.78. The van der Waals surface area contributed by atoms with Crippen LogP contribution in [-0.4, -0.2) is 36.1 Å². The number of carboxylic acid groups (broad SMARTS) is 1. The maximum Gasteiger partial charge on any atom is 0.307 e. The molecule has 0 saturated heterocycles. The smallest absolute Gasteiger partial charge is 0.307 e. The molecule has 0 aliphatic carbocycles. The lowest BCUT2D eigenvalue weighted by molar-refractivity contribution is -0.141. The van der Waals surface area contributed by atoms with Crippen LogP contribution in [0.15, 0.2) is 0 Å². The molecular formula is C11H23NO2. The average Bonchev–Trinajstić information content (AvgIpc) is 2.03. The van der Waals surface area contributed by atoms with E-state index >= 15 is 0 Å². The Hall–Kier alpha value is -0.570. The first-order valence-corrected chi connectivity index (χ1v) is 5.38. The maximum atomic E-state index is 10.6. The molecule has 0 aromatic carbocycles. The molecule has 0 bridgehead atoms. The zero-order chi connectivity index (χ0) is 11.1. The van der Waals surface area contributed by atoms with Gasteiger partial charge in [-0.25, -0.2) is 0 Å². The van der Waals surface area contributed by atoms with Crippen molar-refractivity contribution in [3.63, 3.8) is 0 Å². The topological polar surface area (TPSA) is 40.5 Å². The minimum atomic E-state index is -0.708. The summed E-state index contributed by atoms with van der Waals surface area (Å²) in [7, 11) is 1.99. The van der Waals surface area contributed by atoms with Gasteiger partial charge >= 0.3 is 5.97 Å². The molecule has 2 atom stereocenters. The Balaban J connectivity index is 3.74. The van der Waals surface area contributed by atoms with Crippen molar-refractivity contribution < 1.29 is 9.90 Å². The van der Waals surface area contributed by atoms with Gasteiger partial charge in [0.05, 0.1) is 5.92 Å². The molecule has 14 heavy (non-hydrogen) atoms. The molecule has 0 rings (SSSR count). The molecular weight excluding hydrogens is 178 g/mol. The lowest BCUT2D eigenvalue weighted by atomic mass is 10.1. The Morgan fingerprint density at radius 2 is 1.93 bits per heavy atom. The number of hydrogen-bond donors (Lipinski definition) is 1. The van der Waals surface area contributed by atoms with E-state index in [9.17, 15) is 4.79 Å². The van der Waals surface area contributed by atoms with Crippen LogP contribution in [0.5, 0.6) is 0 Å². The fraction of sp³-hybridized carbons (Fsp3) is 0.909. The Labute approximate surface area is 87.1 Å². The summed E-state index contributed by atoms with van der Waals surface area (Å²) < 4.78 is 0. The van der Waals surface area contributed by atoms with Gasteiger partial charge in [0.25, 0.3) is 0 Å². The number of aliphatic carboxylic acids is 1. The average molecular weight is 201 g/mol. The van der Waals surface area contributed by atoms with E-state index in [0.717, 1.165) is 6.54 Å². The first-order valence-electron chi connectivity index (χ1n) is 5.38. The van der Waals surface area contributed by atoms with E-state index in [1.54, 1.807) is 6.92 Å². The van der Waals surface area contributed by atoms with Gasteiger partial charge < -0.3 is 10.0 Å². The standard InChI is InChI=1S/C11H23NO2/c1-5-6-9(2)7-12(4)8-10(3)11(13)14/h9-10H,5-8H2,1-4H3,(H,13,14). The lowest BCUT2D eigenvalue weighted by Gasteiger charge is -2.22. The highest BCUT2D eigenvalue weighted by Gasteiger charge is 2.14. The van der Waals surface area contributed by atoms with Gasteiger partial charge in [0, 0.05) is 13.1 Å². The van der Waals surface area contributed by atoms with Gasteiger partial charge in [-0.3, -0.25) is 4.79 Å². The fourth-order valence-electron chi connectivity index (χ4n) is 1.74. The summed E-state index contributed by atoms with van der Waals surface area (Å²) in [5.74, 6) is -0.320. The van der Waals surface area contributed by atoms with Crippen LogP contribution in [0.3, 0.4) is 0 Å². The van der Waals surface area contributed by atoms with Crippen LogP contribution >= 0.6 is 0 Å².